The molecule has 0 N–H and O–H groups in total. The number of amides is 1. The van der Waals surface area contributed by atoms with Crippen molar-refractivity contribution >= 4 is 39.8 Å². The van der Waals surface area contributed by atoms with Gasteiger partial charge in [-0.05, 0) is 53.6 Å². The summed E-state index contributed by atoms with van der Waals surface area (Å²) in [5.74, 6) is -0.152. The lowest BCUT2D eigenvalue weighted by Gasteiger charge is -2.32. The highest BCUT2D eigenvalue weighted by molar-refractivity contribution is 14.1. The summed E-state index contributed by atoms with van der Waals surface area (Å²) in [5.41, 5.74) is 0.454. The minimum atomic E-state index is -0.368. The normalized spacial score (nSPS) is 18.8. The number of rotatable bonds is 2. The number of likely N-dealkylation sites (tertiary alicyclic amines) is 1. The Kier molecular flexibility index (Phi) is 4.54. The van der Waals surface area contributed by atoms with Gasteiger partial charge in [-0.25, -0.2) is 9.37 Å². The van der Waals surface area contributed by atoms with E-state index in [2.05, 4.69) is 27.6 Å². The van der Waals surface area contributed by atoms with Gasteiger partial charge in [-0.1, -0.05) is 0 Å². The van der Waals surface area contributed by atoms with Gasteiger partial charge >= 0.3 is 0 Å². The monoisotopic (exact) mass is 416 g/mol. The van der Waals surface area contributed by atoms with Gasteiger partial charge in [-0.2, -0.15) is 0 Å². The molecule has 0 saturated carbocycles. The van der Waals surface area contributed by atoms with Gasteiger partial charge in [0.1, 0.15) is 5.82 Å². The molecule has 3 nitrogen and oxygen atoms in total. The van der Waals surface area contributed by atoms with Crippen molar-refractivity contribution in [2.75, 3.05) is 13.1 Å². The van der Waals surface area contributed by atoms with Crippen molar-refractivity contribution in [2.24, 2.45) is 0 Å². The predicted molar refractivity (Wildman–Crippen MR) is 89.1 cm³/mol. The first kappa shape index (κ1) is 14.9. The van der Waals surface area contributed by atoms with Crippen LogP contribution in [-0.4, -0.2) is 28.9 Å². The standard InChI is InChI=1S/C15H14FIN2OS/c16-11-3-4-13(17)12(8-11)15(20)19-6-1-2-10(9-19)14-18-5-7-21-14/h3-5,7-8,10H,1-2,6,9H2. The fourth-order valence-corrected chi connectivity index (χ4v) is 3.96. The molecular formula is C15H14FIN2OS. The largest absolute Gasteiger partial charge is 0.338 e. The van der Waals surface area contributed by atoms with Crippen LogP contribution in [0.5, 0.6) is 0 Å². The van der Waals surface area contributed by atoms with E-state index in [4.69, 9.17) is 0 Å². The summed E-state index contributed by atoms with van der Waals surface area (Å²) in [7, 11) is 0. The van der Waals surface area contributed by atoms with E-state index in [1.165, 1.54) is 12.1 Å². The van der Waals surface area contributed by atoms with Crippen LogP contribution in [0.2, 0.25) is 0 Å². The van der Waals surface area contributed by atoms with Crippen LogP contribution in [0.4, 0.5) is 4.39 Å². The highest BCUT2D eigenvalue weighted by atomic mass is 127. The van der Waals surface area contributed by atoms with E-state index in [0.717, 1.165) is 28.0 Å². The van der Waals surface area contributed by atoms with E-state index in [0.29, 0.717) is 18.0 Å². The number of piperidine rings is 1. The minimum absolute atomic E-state index is 0.0832. The van der Waals surface area contributed by atoms with E-state index in [-0.39, 0.29) is 11.7 Å². The molecule has 2 aromatic rings. The van der Waals surface area contributed by atoms with E-state index in [1.54, 1.807) is 23.6 Å². The summed E-state index contributed by atoms with van der Waals surface area (Å²) in [6.07, 6.45) is 3.82. The van der Waals surface area contributed by atoms with E-state index < -0.39 is 0 Å². The zero-order valence-electron chi connectivity index (χ0n) is 11.3. The van der Waals surface area contributed by atoms with Gasteiger partial charge in [0.2, 0.25) is 0 Å². The number of carbonyl (C=O) groups excluding carboxylic acids is 1. The van der Waals surface area contributed by atoms with Crippen LogP contribution in [0.3, 0.4) is 0 Å². The molecule has 1 unspecified atom stereocenters. The molecule has 21 heavy (non-hydrogen) atoms. The van der Waals surface area contributed by atoms with Crippen molar-refractivity contribution in [3.05, 3.63) is 49.7 Å². The maximum Gasteiger partial charge on any atom is 0.255 e. The van der Waals surface area contributed by atoms with Crippen molar-refractivity contribution in [3.63, 3.8) is 0 Å². The SMILES string of the molecule is O=C(c1cc(F)ccc1I)N1CCCC(c2nccs2)C1. The lowest BCUT2D eigenvalue weighted by atomic mass is 9.98. The molecule has 0 bridgehead atoms. The number of halogens is 2. The molecule has 0 spiro atoms. The third-order valence-electron chi connectivity index (χ3n) is 3.67. The molecular weight excluding hydrogens is 402 g/mol. The Morgan fingerprint density at radius 2 is 2.33 bits per heavy atom. The third kappa shape index (κ3) is 3.26. The van der Waals surface area contributed by atoms with E-state index >= 15 is 0 Å². The van der Waals surface area contributed by atoms with E-state index in [1.807, 2.05) is 10.3 Å². The van der Waals surface area contributed by atoms with Gasteiger partial charge in [0.05, 0.1) is 10.6 Å². The number of thiazole rings is 1. The molecule has 1 aliphatic rings. The Bertz CT molecular complexity index is 647. The van der Waals surface area contributed by atoms with Gasteiger partial charge in [0, 0.05) is 34.2 Å². The lowest BCUT2D eigenvalue weighted by molar-refractivity contribution is 0.0705. The van der Waals surface area contributed by atoms with Crippen LogP contribution < -0.4 is 0 Å². The molecule has 1 fully saturated rings. The molecule has 1 aliphatic heterocycles. The average molecular weight is 416 g/mol. The number of hydrogen-bond donors (Lipinski definition) is 0. The predicted octanol–water partition coefficient (Wildman–Crippen LogP) is 3.91. The van der Waals surface area contributed by atoms with Gasteiger partial charge in [-0.15, -0.1) is 11.3 Å². The maximum absolute atomic E-state index is 13.4. The summed E-state index contributed by atoms with van der Waals surface area (Å²) >= 11 is 3.71. The van der Waals surface area contributed by atoms with Crippen LogP contribution in [-0.2, 0) is 0 Å². The van der Waals surface area contributed by atoms with Gasteiger partial charge in [0.25, 0.3) is 5.91 Å². The van der Waals surface area contributed by atoms with Gasteiger partial charge in [-0.3, -0.25) is 4.79 Å². The van der Waals surface area contributed by atoms with Crippen molar-refractivity contribution in [1.29, 1.82) is 0 Å². The smallest absolute Gasteiger partial charge is 0.255 e. The quantitative estimate of drug-likeness (QED) is 0.696. The first-order chi connectivity index (χ1) is 10.1. The van der Waals surface area contributed by atoms with Crippen LogP contribution in [0.25, 0.3) is 0 Å². The zero-order chi connectivity index (χ0) is 14.8. The summed E-state index contributed by atoms with van der Waals surface area (Å²) in [6, 6.07) is 4.36. The second-order valence-electron chi connectivity index (χ2n) is 5.08. The Morgan fingerprint density at radius 3 is 3.10 bits per heavy atom. The zero-order valence-corrected chi connectivity index (χ0v) is 14.2. The highest BCUT2D eigenvalue weighted by Gasteiger charge is 2.27. The Balaban J connectivity index is 1.79. The van der Waals surface area contributed by atoms with Crippen molar-refractivity contribution in [3.8, 4) is 0 Å². The van der Waals surface area contributed by atoms with E-state index in [9.17, 15) is 9.18 Å². The Hall–Kier alpha value is -1.02. The fraction of sp³-hybridized carbons (Fsp3) is 0.333. The van der Waals surface area contributed by atoms with Crippen LogP contribution in [0.1, 0.15) is 34.1 Å². The number of carbonyl (C=O) groups is 1. The van der Waals surface area contributed by atoms with Crippen LogP contribution >= 0.6 is 33.9 Å². The molecule has 1 atom stereocenters. The van der Waals surface area contributed by atoms with Crippen LogP contribution in [0.15, 0.2) is 29.8 Å². The summed E-state index contributed by atoms with van der Waals surface area (Å²) in [4.78, 5) is 18.8. The van der Waals surface area contributed by atoms with Crippen molar-refractivity contribution in [2.45, 2.75) is 18.8 Å². The average Bonchev–Trinajstić information content (AvgIpc) is 3.03. The first-order valence-electron chi connectivity index (χ1n) is 6.79. The molecule has 0 aliphatic carbocycles. The number of aromatic nitrogens is 1. The maximum atomic E-state index is 13.4. The molecule has 1 aromatic heterocycles. The summed E-state index contributed by atoms with van der Waals surface area (Å²) in [6.45, 7) is 1.40. The van der Waals surface area contributed by atoms with Gasteiger partial charge < -0.3 is 4.90 Å². The first-order valence-corrected chi connectivity index (χ1v) is 8.74. The second kappa shape index (κ2) is 6.39. The molecule has 3 rings (SSSR count). The third-order valence-corrected chi connectivity index (χ3v) is 5.55. The Labute approximate surface area is 140 Å². The molecule has 1 aromatic carbocycles. The number of benzene rings is 1. The molecule has 110 valence electrons. The summed E-state index contributed by atoms with van der Waals surface area (Å²) in [5, 5.41) is 3.05. The topological polar surface area (TPSA) is 33.2 Å². The highest BCUT2D eigenvalue weighted by Crippen LogP contribution is 2.29. The molecule has 6 heteroatoms. The van der Waals surface area contributed by atoms with Crippen molar-refractivity contribution in [1.82, 2.24) is 9.88 Å². The van der Waals surface area contributed by atoms with Gasteiger partial charge in [0.15, 0.2) is 0 Å². The molecule has 2 heterocycles. The van der Waals surface area contributed by atoms with Crippen molar-refractivity contribution < 1.29 is 9.18 Å². The molecule has 1 saturated heterocycles. The Morgan fingerprint density at radius 1 is 1.48 bits per heavy atom. The fourth-order valence-electron chi connectivity index (χ4n) is 2.63. The molecule has 0 radical (unpaired) electrons. The lowest BCUT2D eigenvalue weighted by Crippen LogP contribution is -2.39. The number of nitrogens with zero attached hydrogens (tertiary/aromatic N) is 2. The molecule has 1 amide bonds. The minimum Gasteiger partial charge on any atom is -0.338 e. The summed E-state index contributed by atoms with van der Waals surface area (Å²) < 4.78 is 14.2. The second-order valence-corrected chi connectivity index (χ2v) is 7.17. The number of hydrogen-bond acceptors (Lipinski definition) is 3. The van der Waals surface area contributed by atoms with Crippen LogP contribution in [0, 0.1) is 9.39 Å².